The maximum atomic E-state index is 12.7. The summed E-state index contributed by atoms with van der Waals surface area (Å²) in [6.45, 7) is 5.40. The first kappa shape index (κ1) is 18.5. The fraction of sp³-hybridized carbons (Fsp3) is 0.471. The summed E-state index contributed by atoms with van der Waals surface area (Å²) in [5.41, 5.74) is 1.12. The first-order chi connectivity index (χ1) is 12.3. The number of nitrogens with one attached hydrogen (secondary N) is 2. The number of carbonyl (C=O) groups excluding carboxylic acids is 1. The van der Waals surface area contributed by atoms with Crippen molar-refractivity contribution in [1.82, 2.24) is 20.2 Å². The molecule has 0 spiro atoms. The predicted molar refractivity (Wildman–Crippen MR) is 94.9 cm³/mol. The first-order valence-corrected chi connectivity index (χ1v) is 10.0. The summed E-state index contributed by atoms with van der Waals surface area (Å²) in [6, 6.07) is 4.07. The number of nitrogens with zero attached hydrogens (tertiary/aromatic N) is 2. The lowest BCUT2D eigenvalue weighted by Crippen LogP contribution is -2.44. The highest BCUT2D eigenvalue weighted by molar-refractivity contribution is 7.89. The number of aryl methyl sites for hydroxylation is 1. The summed E-state index contributed by atoms with van der Waals surface area (Å²) in [4.78, 5) is 16.3. The highest BCUT2D eigenvalue weighted by atomic mass is 32.2. The van der Waals surface area contributed by atoms with Crippen molar-refractivity contribution < 1.29 is 17.7 Å². The summed E-state index contributed by atoms with van der Waals surface area (Å²) in [7, 11) is -3.88. The van der Waals surface area contributed by atoms with Crippen LogP contribution in [0.1, 0.15) is 44.1 Å². The summed E-state index contributed by atoms with van der Waals surface area (Å²) in [5.74, 6) is 0.898. The molecule has 0 radical (unpaired) electrons. The van der Waals surface area contributed by atoms with Crippen LogP contribution >= 0.6 is 0 Å². The van der Waals surface area contributed by atoms with Crippen LogP contribution in [-0.4, -0.2) is 37.1 Å². The van der Waals surface area contributed by atoms with Crippen LogP contribution in [-0.2, 0) is 14.8 Å². The summed E-state index contributed by atoms with van der Waals surface area (Å²) < 4.78 is 33.1. The molecular weight excluding hydrogens is 356 g/mol. The Hall–Kier alpha value is -2.26. The largest absolute Gasteiger partial charge is 0.355 e. The minimum atomic E-state index is -3.88. The maximum absolute atomic E-state index is 12.7. The number of benzene rings is 1. The molecule has 1 atom stereocenters. The number of amides is 1. The Balaban J connectivity index is 1.87. The van der Waals surface area contributed by atoms with Gasteiger partial charge in [0.05, 0.1) is 10.9 Å². The third-order valence-corrected chi connectivity index (χ3v) is 5.86. The average molecular weight is 378 g/mol. The second-order valence-corrected chi connectivity index (χ2v) is 8.13. The molecule has 9 heteroatoms. The van der Waals surface area contributed by atoms with Crippen LogP contribution in [0.4, 0.5) is 0 Å². The lowest BCUT2D eigenvalue weighted by Gasteiger charge is -2.15. The third-order valence-electron chi connectivity index (χ3n) is 4.18. The Morgan fingerprint density at radius 2 is 2.12 bits per heavy atom. The van der Waals surface area contributed by atoms with Crippen molar-refractivity contribution in [3.8, 4) is 11.4 Å². The van der Waals surface area contributed by atoms with Crippen molar-refractivity contribution in [1.29, 1.82) is 0 Å². The van der Waals surface area contributed by atoms with Crippen LogP contribution in [0.3, 0.4) is 0 Å². The monoisotopic (exact) mass is 378 g/mol. The molecule has 1 fully saturated rings. The van der Waals surface area contributed by atoms with Gasteiger partial charge in [-0.2, -0.15) is 9.71 Å². The molecule has 1 heterocycles. The van der Waals surface area contributed by atoms with Gasteiger partial charge in [-0.05, 0) is 45.2 Å². The van der Waals surface area contributed by atoms with Crippen molar-refractivity contribution >= 4 is 15.9 Å². The normalized spacial score (nSPS) is 15.7. The molecule has 26 heavy (non-hydrogen) atoms. The zero-order chi connectivity index (χ0) is 18.9. The van der Waals surface area contributed by atoms with Gasteiger partial charge in [-0.1, -0.05) is 17.3 Å². The van der Waals surface area contributed by atoms with E-state index >= 15 is 0 Å². The number of rotatable bonds is 7. The molecule has 0 saturated heterocycles. The lowest BCUT2D eigenvalue weighted by molar-refractivity contribution is -0.122. The fourth-order valence-electron chi connectivity index (χ4n) is 2.55. The van der Waals surface area contributed by atoms with E-state index < -0.39 is 16.1 Å². The molecule has 2 aromatic rings. The SMILES string of the molecule is CCNC(=O)[C@@H](C)NS(=O)(=O)c1cc(-c2noc(C3CC3)n2)ccc1C. The van der Waals surface area contributed by atoms with Crippen LogP contribution < -0.4 is 10.0 Å². The van der Waals surface area contributed by atoms with Gasteiger partial charge in [0, 0.05) is 18.0 Å². The molecule has 0 aliphatic heterocycles. The highest BCUT2D eigenvalue weighted by Crippen LogP contribution is 2.39. The first-order valence-electron chi connectivity index (χ1n) is 8.56. The molecule has 8 nitrogen and oxygen atoms in total. The van der Waals surface area contributed by atoms with Crippen LogP contribution in [0.25, 0.3) is 11.4 Å². The summed E-state index contributed by atoms with van der Waals surface area (Å²) in [5, 5.41) is 6.54. The Kier molecular flexibility index (Phi) is 5.10. The molecule has 0 bridgehead atoms. The van der Waals surface area contributed by atoms with E-state index in [2.05, 4.69) is 20.2 Å². The molecule has 140 valence electrons. The number of aromatic nitrogens is 2. The average Bonchev–Trinajstić information content (AvgIpc) is 3.32. The van der Waals surface area contributed by atoms with Gasteiger partial charge >= 0.3 is 0 Å². The lowest BCUT2D eigenvalue weighted by atomic mass is 10.1. The molecule has 0 unspecified atom stereocenters. The van der Waals surface area contributed by atoms with Crippen LogP contribution in [0.2, 0.25) is 0 Å². The molecule has 1 saturated carbocycles. The van der Waals surface area contributed by atoms with E-state index in [4.69, 9.17) is 4.52 Å². The van der Waals surface area contributed by atoms with Gasteiger partial charge < -0.3 is 9.84 Å². The highest BCUT2D eigenvalue weighted by Gasteiger charge is 2.30. The minimum absolute atomic E-state index is 0.0870. The van der Waals surface area contributed by atoms with E-state index in [0.717, 1.165) is 12.8 Å². The Labute approximate surface area is 152 Å². The number of sulfonamides is 1. The molecule has 1 amide bonds. The second-order valence-electron chi connectivity index (χ2n) is 6.45. The van der Waals surface area contributed by atoms with Crippen molar-refractivity contribution in [2.24, 2.45) is 0 Å². The topological polar surface area (TPSA) is 114 Å². The van der Waals surface area contributed by atoms with Crippen LogP contribution in [0.15, 0.2) is 27.6 Å². The van der Waals surface area contributed by atoms with Crippen molar-refractivity contribution in [3.05, 3.63) is 29.7 Å². The Bertz CT molecular complexity index is 919. The molecular formula is C17H22N4O4S. The second kappa shape index (κ2) is 7.16. The Morgan fingerprint density at radius 3 is 2.77 bits per heavy atom. The summed E-state index contributed by atoms with van der Waals surface area (Å²) >= 11 is 0. The van der Waals surface area contributed by atoms with E-state index in [1.165, 1.54) is 13.0 Å². The third kappa shape index (κ3) is 3.94. The van der Waals surface area contributed by atoms with Crippen molar-refractivity contribution in [2.45, 2.75) is 50.5 Å². The van der Waals surface area contributed by atoms with Gasteiger partial charge in [-0.25, -0.2) is 8.42 Å². The predicted octanol–water partition coefficient (Wildman–Crippen LogP) is 1.73. The smallest absolute Gasteiger partial charge is 0.241 e. The number of hydrogen-bond acceptors (Lipinski definition) is 6. The van der Waals surface area contributed by atoms with E-state index in [1.54, 1.807) is 26.0 Å². The van der Waals surface area contributed by atoms with E-state index in [-0.39, 0.29) is 10.8 Å². The van der Waals surface area contributed by atoms with Gasteiger partial charge in [0.2, 0.25) is 27.6 Å². The van der Waals surface area contributed by atoms with Gasteiger partial charge in [-0.15, -0.1) is 0 Å². The van der Waals surface area contributed by atoms with Crippen LogP contribution in [0, 0.1) is 6.92 Å². The molecule has 1 aromatic carbocycles. The van der Waals surface area contributed by atoms with Crippen molar-refractivity contribution in [3.63, 3.8) is 0 Å². The van der Waals surface area contributed by atoms with E-state index in [9.17, 15) is 13.2 Å². The number of hydrogen-bond donors (Lipinski definition) is 2. The minimum Gasteiger partial charge on any atom is -0.355 e. The maximum Gasteiger partial charge on any atom is 0.241 e. The molecule has 1 aliphatic carbocycles. The van der Waals surface area contributed by atoms with Gasteiger partial charge in [-0.3, -0.25) is 4.79 Å². The number of carbonyl (C=O) groups is 1. The van der Waals surface area contributed by atoms with Gasteiger partial charge in [0.1, 0.15) is 0 Å². The Morgan fingerprint density at radius 1 is 1.38 bits per heavy atom. The molecule has 1 aromatic heterocycles. The molecule has 1 aliphatic rings. The summed E-state index contributed by atoms with van der Waals surface area (Å²) in [6.07, 6.45) is 2.08. The fourth-order valence-corrected chi connectivity index (χ4v) is 4.03. The standard InChI is InChI=1S/C17H22N4O4S/c1-4-18-16(22)11(3)21-26(23,24)14-9-13(6-5-10(14)2)15-19-17(25-20-15)12-7-8-12/h5-6,9,11-12,21H,4,7-8H2,1-3H3,(H,18,22)/t11-/m1/s1. The zero-order valence-electron chi connectivity index (χ0n) is 14.9. The number of likely N-dealkylation sites (N-methyl/N-ethyl adjacent to an activating group) is 1. The van der Waals surface area contributed by atoms with E-state index in [1.807, 2.05) is 0 Å². The van der Waals surface area contributed by atoms with E-state index in [0.29, 0.717) is 35.3 Å². The van der Waals surface area contributed by atoms with Gasteiger partial charge in [0.15, 0.2) is 0 Å². The van der Waals surface area contributed by atoms with Crippen molar-refractivity contribution in [2.75, 3.05) is 6.54 Å². The molecule has 2 N–H and O–H groups in total. The molecule has 3 rings (SSSR count). The quantitative estimate of drug-likeness (QED) is 0.758. The van der Waals surface area contributed by atoms with Gasteiger partial charge in [0.25, 0.3) is 0 Å². The zero-order valence-corrected chi connectivity index (χ0v) is 15.8. The van der Waals surface area contributed by atoms with Crippen LogP contribution in [0.5, 0.6) is 0 Å².